The third-order valence-corrected chi connectivity index (χ3v) is 6.29. The van der Waals surface area contributed by atoms with E-state index >= 15 is 0 Å². The van der Waals surface area contributed by atoms with Crippen molar-refractivity contribution in [3.05, 3.63) is 29.3 Å². The summed E-state index contributed by atoms with van der Waals surface area (Å²) >= 11 is 3.92. The molecule has 1 aromatic carbocycles. The minimum Gasteiger partial charge on any atom is -0.326 e. The van der Waals surface area contributed by atoms with Gasteiger partial charge >= 0.3 is 0 Å². The highest BCUT2D eigenvalue weighted by Gasteiger charge is 2.35. The largest absolute Gasteiger partial charge is 0.326 e. The van der Waals surface area contributed by atoms with Crippen LogP contribution in [0.1, 0.15) is 55.0 Å². The molecule has 3 heteroatoms. The van der Waals surface area contributed by atoms with Crippen LogP contribution >= 0.6 is 15.9 Å². The highest BCUT2D eigenvalue weighted by Crippen LogP contribution is 2.50. The van der Waals surface area contributed by atoms with Crippen LogP contribution in [0.25, 0.3) is 0 Å². The molecule has 0 radical (unpaired) electrons. The van der Waals surface area contributed by atoms with Crippen molar-refractivity contribution in [3.8, 4) is 0 Å². The molecular weight excluding hydrogens is 302 g/mol. The molecule has 1 fully saturated rings. The van der Waals surface area contributed by atoms with Gasteiger partial charge in [-0.1, -0.05) is 54.2 Å². The number of benzene rings is 1. The van der Waals surface area contributed by atoms with E-state index < -0.39 is 0 Å². The van der Waals surface area contributed by atoms with E-state index in [1.807, 2.05) is 0 Å². The van der Waals surface area contributed by atoms with Crippen LogP contribution in [0.3, 0.4) is 0 Å². The molecule has 19 heavy (non-hydrogen) atoms. The van der Waals surface area contributed by atoms with E-state index in [0.717, 1.165) is 11.3 Å². The van der Waals surface area contributed by atoms with Crippen molar-refractivity contribution < 1.29 is 4.79 Å². The van der Waals surface area contributed by atoms with E-state index in [9.17, 15) is 4.79 Å². The van der Waals surface area contributed by atoms with Gasteiger partial charge in [-0.05, 0) is 35.4 Å². The highest BCUT2D eigenvalue weighted by atomic mass is 79.9. The highest BCUT2D eigenvalue weighted by molar-refractivity contribution is 9.09. The fraction of sp³-hybridized carbons (Fsp3) is 0.562. The van der Waals surface area contributed by atoms with Gasteiger partial charge in [0, 0.05) is 10.5 Å². The lowest BCUT2D eigenvalue weighted by Gasteiger charge is -2.38. The number of rotatable bonds is 2. The maximum atomic E-state index is 11.4. The molecule has 1 unspecified atom stereocenters. The number of amides is 1. The third-order valence-electron chi connectivity index (χ3n) is 4.65. The molecule has 0 spiro atoms. The van der Waals surface area contributed by atoms with Crippen LogP contribution in [-0.4, -0.2) is 5.91 Å². The Morgan fingerprint density at radius 2 is 2.00 bits per heavy atom. The number of carbonyl (C=O) groups excluding carboxylic acids is 1. The first-order chi connectivity index (χ1) is 9.08. The van der Waals surface area contributed by atoms with Gasteiger partial charge in [-0.2, -0.15) is 0 Å². The Labute approximate surface area is 123 Å². The van der Waals surface area contributed by atoms with Crippen molar-refractivity contribution in [3.63, 3.8) is 0 Å². The molecule has 1 amide bonds. The lowest BCUT2D eigenvalue weighted by molar-refractivity contribution is -0.115. The summed E-state index contributed by atoms with van der Waals surface area (Å²) in [6.45, 7) is 2.39. The number of fused-ring (bicyclic) bond motifs is 1. The van der Waals surface area contributed by atoms with E-state index in [4.69, 9.17) is 0 Å². The van der Waals surface area contributed by atoms with Gasteiger partial charge in [0.05, 0.1) is 6.42 Å². The summed E-state index contributed by atoms with van der Waals surface area (Å²) in [7, 11) is 0. The second kappa shape index (κ2) is 4.93. The minimum atomic E-state index is 0.113. The molecule has 1 heterocycles. The summed E-state index contributed by atoms with van der Waals surface area (Å²) in [5.74, 6) is 0.113. The Bertz CT molecular complexity index is 505. The summed E-state index contributed by atoms with van der Waals surface area (Å²) < 4.78 is 0. The molecule has 1 aromatic rings. The smallest absolute Gasteiger partial charge is 0.228 e. The number of hydrogen-bond acceptors (Lipinski definition) is 1. The zero-order valence-corrected chi connectivity index (χ0v) is 12.9. The first-order valence-electron chi connectivity index (χ1n) is 7.15. The van der Waals surface area contributed by atoms with Crippen LogP contribution < -0.4 is 5.32 Å². The van der Waals surface area contributed by atoms with Crippen LogP contribution in [0, 0.1) is 5.41 Å². The normalized spacial score (nSPS) is 22.7. The molecule has 0 bridgehead atoms. The lowest BCUT2D eigenvalue weighted by atomic mass is 9.72. The van der Waals surface area contributed by atoms with Crippen molar-refractivity contribution in [2.75, 3.05) is 5.32 Å². The molecule has 1 N–H and O–H groups in total. The Morgan fingerprint density at radius 3 is 2.74 bits per heavy atom. The SMILES string of the molecule is CC1(C(Br)c2ccc3c(c2)CC(=O)N3)CCCCC1. The molecule has 2 nitrogen and oxygen atoms in total. The Balaban J connectivity index is 1.86. The first-order valence-corrected chi connectivity index (χ1v) is 8.07. The van der Waals surface area contributed by atoms with E-state index in [1.54, 1.807) is 0 Å². The monoisotopic (exact) mass is 321 g/mol. The molecule has 2 aliphatic rings. The number of anilines is 1. The van der Waals surface area contributed by atoms with E-state index in [1.165, 1.54) is 37.7 Å². The maximum Gasteiger partial charge on any atom is 0.228 e. The number of halogens is 1. The van der Waals surface area contributed by atoms with Gasteiger partial charge in [0.2, 0.25) is 5.91 Å². The van der Waals surface area contributed by atoms with Crippen LogP contribution in [0.4, 0.5) is 5.69 Å². The summed E-state index contributed by atoms with van der Waals surface area (Å²) in [5, 5.41) is 2.90. The van der Waals surface area contributed by atoms with Gasteiger partial charge in [-0.3, -0.25) is 4.79 Å². The summed E-state index contributed by atoms with van der Waals surface area (Å²) in [6.07, 6.45) is 7.15. The van der Waals surface area contributed by atoms with Crippen molar-refractivity contribution in [2.45, 2.75) is 50.3 Å². The van der Waals surface area contributed by atoms with Gasteiger partial charge in [0.1, 0.15) is 0 Å². The number of nitrogens with one attached hydrogen (secondary N) is 1. The number of alkyl halides is 1. The molecular formula is C16H20BrNO. The summed E-state index contributed by atoms with van der Waals surface area (Å²) in [4.78, 5) is 11.8. The van der Waals surface area contributed by atoms with Crippen molar-refractivity contribution in [2.24, 2.45) is 5.41 Å². The zero-order valence-electron chi connectivity index (χ0n) is 11.3. The Kier molecular flexibility index (Phi) is 3.42. The van der Waals surface area contributed by atoms with Gasteiger partial charge in [-0.15, -0.1) is 0 Å². The van der Waals surface area contributed by atoms with Gasteiger partial charge in [0.25, 0.3) is 0 Å². The molecule has 1 aliphatic carbocycles. The van der Waals surface area contributed by atoms with Crippen molar-refractivity contribution >= 4 is 27.5 Å². The maximum absolute atomic E-state index is 11.4. The molecule has 1 aliphatic heterocycles. The number of hydrogen-bond donors (Lipinski definition) is 1. The van der Waals surface area contributed by atoms with Gasteiger partial charge in [0.15, 0.2) is 0 Å². The zero-order chi connectivity index (χ0) is 13.5. The standard InChI is InChI=1S/C16H20BrNO/c1-16(7-3-2-4-8-16)15(17)11-5-6-13-12(9-11)10-14(19)18-13/h5-6,9,15H,2-4,7-8,10H2,1H3,(H,18,19). The first kappa shape index (κ1) is 13.2. The Hall–Kier alpha value is -0.830. The van der Waals surface area contributed by atoms with E-state index in [2.05, 4.69) is 46.4 Å². The topological polar surface area (TPSA) is 29.1 Å². The predicted octanol–water partition coefficient (Wildman–Crippen LogP) is 4.59. The van der Waals surface area contributed by atoms with Crippen LogP contribution in [0.5, 0.6) is 0 Å². The van der Waals surface area contributed by atoms with Crippen LogP contribution in [0.15, 0.2) is 18.2 Å². The van der Waals surface area contributed by atoms with Crippen LogP contribution in [0.2, 0.25) is 0 Å². The predicted molar refractivity (Wildman–Crippen MR) is 81.6 cm³/mol. The van der Waals surface area contributed by atoms with Crippen molar-refractivity contribution in [1.82, 2.24) is 0 Å². The van der Waals surface area contributed by atoms with E-state index in [0.29, 0.717) is 16.7 Å². The second-order valence-electron chi connectivity index (χ2n) is 6.22. The second-order valence-corrected chi connectivity index (χ2v) is 7.13. The van der Waals surface area contributed by atoms with E-state index in [-0.39, 0.29) is 5.91 Å². The average molecular weight is 322 g/mol. The summed E-state index contributed by atoms with van der Waals surface area (Å²) in [6, 6.07) is 6.41. The van der Waals surface area contributed by atoms with Gasteiger partial charge < -0.3 is 5.32 Å². The Morgan fingerprint density at radius 1 is 1.26 bits per heavy atom. The van der Waals surface area contributed by atoms with Gasteiger partial charge in [-0.25, -0.2) is 0 Å². The molecule has 0 saturated heterocycles. The molecule has 0 aromatic heterocycles. The quantitative estimate of drug-likeness (QED) is 0.793. The van der Waals surface area contributed by atoms with Crippen molar-refractivity contribution in [1.29, 1.82) is 0 Å². The molecule has 1 saturated carbocycles. The van der Waals surface area contributed by atoms with Crippen LogP contribution in [-0.2, 0) is 11.2 Å². The average Bonchev–Trinajstić information content (AvgIpc) is 2.77. The lowest BCUT2D eigenvalue weighted by Crippen LogP contribution is -2.25. The molecule has 1 atom stereocenters. The molecule has 3 rings (SSSR count). The fourth-order valence-electron chi connectivity index (χ4n) is 3.42. The summed E-state index contributed by atoms with van der Waals surface area (Å²) in [5.41, 5.74) is 3.80. The number of carbonyl (C=O) groups is 1. The minimum absolute atomic E-state index is 0.113. The third kappa shape index (κ3) is 2.45. The fourth-order valence-corrected chi connectivity index (χ4v) is 4.16. The molecule has 102 valence electrons.